The van der Waals surface area contributed by atoms with Crippen LogP contribution in [0.1, 0.15) is 44.2 Å². The number of ether oxygens (including phenoxy) is 3. The van der Waals surface area contributed by atoms with Gasteiger partial charge in [0.2, 0.25) is 0 Å². The van der Waals surface area contributed by atoms with Gasteiger partial charge in [0.15, 0.2) is 11.5 Å². The lowest BCUT2D eigenvalue weighted by Crippen LogP contribution is -2.71. The van der Waals surface area contributed by atoms with Crippen LogP contribution < -0.4 is 14.8 Å². The molecule has 4 atom stereocenters. The van der Waals surface area contributed by atoms with Crippen LogP contribution >= 0.6 is 0 Å². The molecule has 1 saturated heterocycles. The Hall–Kier alpha value is -1.26. The number of hydrogen-bond acceptors (Lipinski definition) is 4. The standard InChI is InChI=1S/C19H27NO3/c1-12(13-5-6-15(21-2)16(11-13)22-3)20-17-14-7-10-23-18(14)19(17)8-4-9-19/h5-6,11-12,14,17-18,20H,4,7-10H2,1-3H3. The van der Waals surface area contributed by atoms with Crippen LogP contribution in [-0.4, -0.2) is 33.0 Å². The highest BCUT2D eigenvalue weighted by Gasteiger charge is 2.66. The van der Waals surface area contributed by atoms with Gasteiger partial charge in [-0.25, -0.2) is 0 Å². The molecule has 1 N–H and O–H groups in total. The summed E-state index contributed by atoms with van der Waals surface area (Å²) >= 11 is 0. The second-order valence-electron chi connectivity index (χ2n) is 7.31. The molecule has 0 aromatic heterocycles. The normalized spacial score (nSPS) is 31.9. The van der Waals surface area contributed by atoms with Gasteiger partial charge in [-0.05, 0) is 43.9 Å². The molecular formula is C19H27NO3. The van der Waals surface area contributed by atoms with Crippen molar-refractivity contribution in [3.63, 3.8) is 0 Å². The molecule has 0 amide bonds. The first kappa shape index (κ1) is 15.3. The van der Waals surface area contributed by atoms with E-state index in [9.17, 15) is 0 Å². The van der Waals surface area contributed by atoms with Crippen molar-refractivity contribution in [1.82, 2.24) is 5.32 Å². The van der Waals surface area contributed by atoms with Crippen molar-refractivity contribution >= 4 is 0 Å². The Morgan fingerprint density at radius 3 is 2.65 bits per heavy atom. The van der Waals surface area contributed by atoms with Crippen LogP contribution in [0.25, 0.3) is 0 Å². The fourth-order valence-corrected chi connectivity index (χ4v) is 4.98. The number of fused-ring (bicyclic) bond motifs is 2. The summed E-state index contributed by atoms with van der Waals surface area (Å²) in [5.41, 5.74) is 1.67. The Labute approximate surface area is 138 Å². The maximum absolute atomic E-state index is 6.02. The first-order valence-corrected chi connectivity index (χ1v) is 8.79. The van der Waals surface area contributed by atoms with Crippen LogP contribution in [0, 0.1) is 11.3 Å². The minimum Gasteiger partial charge on any atom is -0.493 e. The van der Waals surface area contributed by atoms with Crippen LogP contribution in [0.4, 0.5) is 0 Å². The van der Waals surface area contributed by atoms with E-state index in [-0.39, 0.29) is 0 Å². The fraction of sp³-hybridized carbons (Fsp3) is 0.684. The maximum Gasteiger partial charge on any atom is 0.161 e. The van der Waals surface area contributed by atoms with Gasteiger partial charge < -0.3 is 19.5 Å². The smallest absolute Gasteiger partial charge is 0.161 e. The Morgan fingerprint density at radius 1 is 1.22 bits per heavy atom. The summed E-state index contributed by atoms with van der Waals surface area (Å²) in [7, 11) is 3.36. The molecule has 23 heavy (non-hydrogen) atoms. The van der Waals surface area contributed by atoms with Crippen molar-refractivity contribution in [2.75, 3.05) is 20.8 Å². The van der Waals surface area contributed by atoms with Crippen molar-refractivity contribution in [2.24, 2.45) is 11.3 Å². The lowest BCUT2D eigenvalue weighted by atomic mass is 9.46. The van der Waals surface area contributed by atoms with Gasteiger partial charge >= 0.3 is 0 Å². The number of hydrogen-bond donors (Lipinski definition) is 1. The first-order valence-electron chi connectivity index (χ1n) is 8.79. The Morgan fingerprint density at radius 2 is 2.00 bits per heavy atom. The Bertz CT molecular complexity index is 584. The van der Waals surface area contributed by atoms with E-state index in [1.165, 1.54) is 31.2 Å². The molecule has 1 heterocycles. The predicted octanol–water partition coefficient (Wildman–Crippen LogP) is 3.31. The summed E-state index contributed by atoms with van der Waals surface area (Å²) in [4.78, 5) is 0. The van der Waals surface area contributed by atoms with Crippen molar-refractivity contribution in [2.45, 2.75) is 50.8 Å². The third-order valence-electron chi connectivity index (χ3n) is 6.37. The highest BCUT2D eigenvalue weighted by atomic mass is 16.5. The van der Waals surface area contributed by atoms with Gasteiger partial charge in [0.25, 0.3) is 0 Å². The maximum atomic E-state index is 6.02. The van der Waals surface area contributed by atoms with Gasteiger partial charge in [-0.3, -0.25) is 0 Å². The zero-order chi connectivity index (χ0) is 16.0. The van der Waals surface area contributed by atoms with Crippen LogP contribution in [0.2, 0.25) is 0 Å². The number of rotatable bonds is 5. The Kier molecular flexibility index (Phi) is 3.77. The lowest BCUT2D eigenvalue weighted by Gasteiger charge is -2.64. The summed E-state index contributed by atoms with van der Waals surface area (Å²) in [6.07, 6.45) is 5.74. The number of nitrogens with one attached hydrogen (secondary N) is 1. The first-order chi connectivity index (χ1) is 11.2. The van der Waals surface area contributed by atoms with Crippen LogP contribution in [0.5, 0.6) is 11.5 Å². The van der Waals surface area contributed by atoms with E-state index in [2.05, 4.69) is 24.4 Å². The molecule has 4 heteroatoms. The summed E-state index contributed by atoms with van der Waals surface area (Å²) in [5, 5.41) is 3.91. The van der Waals surface area contributed by atoms with Gasteiger partial charge in [-0.15, -0.1) is 0 Å². The van der Waals surface area contributed by atoms with Crippen molar-refractivity contribution in [3.05, 3.63) is 23.8 Å². The third kappa shape index (κ3) is 2.18. The Balaban J connectivity index is 1.50. The quantitative estimate of drug-likeness (QED) is 0.904. The highest BCUT2D eigenvalue weighted by molar-refractivity contribution is 5.43. The van der Waals surface area contributed by atoms with Gasteiger partial charge in [0, 0.05) is 30.0 Å². The van der Waals surface area contributed by atoms with Gasteiger partial charge in [-0.2, -0.15) is 0 Å². The molecule has 2 aliphatic carbocycles. The van der Waals surface area contributed by atoms with Crippen molar-refractivity contribution in [1.29, 1.82) is 0 Å². The molecule has 2 saturated carbocycles. The summed E-state index contributed by atoms with van der Waals surface area (Å²) in [5.74, 6) is 2.29. The number of methoxy groups -OCH3 is 2. The van der Waals surface area contributed by atoms with E-state index in [0.29, 0.717) is 29.5 Å². The minimum atomic E-state index is 0.304. The van der Waals surface area contributed by atoms with E-state index in [4.69, 9.17) is 14.2 Å². The number of benzene rings is 1. The largest absolute Gasteiger partial charge is 0.493 e. The van der Waals surface area contributed by atoms with E-state index < -0.39 is 0 Å². The van der Waals surface area contributed by atoms with Gasteiger partial charge in [-0.1, -0.05) is 12.5 Å². The third-order valence-corrected chi connectivity index (χ3v) is 6.37. The van der Waals surface area contributed by atoms with Crippen LogP contribution in [-0.2, 0) is 4.74 Å². The molecule has 1 aromatic rings. The van der Waals surface area contributed by atoms with E-state index in [0.717, 1.165) is 18.1 Å². The summed E-state index contributed by atoms with van der Waals surface area (Å²) in [6.45, 7) is 3.19. The average Bonchev–Trinajstić information content (AvgIpc) is 2.95. The SMILES string of the molecule is COc1ccc(C(C)NC2C3CCOC3C23CCC3)cc1OC. The molecular weight excluding hydrogens is 290 g/mol. The van der Waals surface area contributed by atoms with E-state index in [1.807, 2.05) is 6.07 Å². The second-order valence-corrected chi connectivity index (χ2v) is 7.31. The highest BCUT2D eigenvalue weighted by Crippen LogP contribution is 2.63. The predicted molar refractivity (Wildman–Crippen MR) is 89.0 cm³/mol. The zero-order valence-corrected chi connectivity index (χ0v) is 14.3. The fourth-order valence-electron chi connectivity index (χ4n) is 4.98. The van der Waals surface area contributed by atoms with Crippen molar-refractivity contribution < 1.29 is 14.2 Å². The zero-order valence-electron chi connectivity index (χ0n) is 14.3. The van der Waals surface area contributed by atoms with E-state index >= 15 is 0 Å². The molecule has 1 aromatic carbocycles. The molecule has 4 nitrogen and oxygen atoms in total. The topological polar surface area (TPSA) is 39.7 Å². The van der Waals surface area contributed by atoms with E-state index in [1.54, 1.807) is 14.2 Å². The molecule has 4 rings (SSSR count). The molecule has 1 spiro atoms. The molecule has 3 aliphatic rings. The molecule has 126 valence electrons. The molecule has 0 bridgehead atoms. The monoisotopic (exact) mass is 317 g/mol. The molecule has 4 unspecified atom stereocenters. The second kappa shape index (κ2) is 5.67. The summed E-state index contributed by atoms with van der Waals surface area (Å²) < 4.78 is 16.8. The lowest BCUT2D eigenvalue weighted by molar-refractivity contribution is -0.178. The van der Waals surface area contributed by atoms with Crippen LogP contribution in [0.3, 0.4) is 0 Å². The van der Waals surface area contributed by atoms with Crippen molar-refractivity contribution in [3.8, 4) is 11.5 Å². The summed E-state index contributed by atoms with van der Waals surface area (Å²) in [6, 6.07) is 7.12. The van der Waals surface area contributed by atoms with Gasteiger partial charge in [0.05, 0.1) is 20.3 Å². The van der Waals surface area contributed by atoms with Gasteiger partial charge in [0.1, 0.15) is 0 Å². The van der Waals surface area contributed by atoms with Crippen LogP contribution in [0.15, 0.2) is 18.2 Å². The molecule has 1 aliphatic heterocycles. The minimum absolute atomic E-state index is 0.304. The average molecular weight is 317 g/mol. The molecule has 0 radical (unpaired) electrons. The molecule has 3 fully saturated rings.